The molecule has 6 nitrogen and oxygen atoms in total. The Bertz CT molecular complexity index is 638. The van der Waals surface area contributed by atoms with Crippen LogP contribution in [0.2, 0.25) is 0 Å². The maximum atomic E-state index is 12.2. The summed E-state index contributed by atoms with van der Waals surface area (Å²) in [4.78, 5) is 25.4. The highest BCUT2D eigenvalue weighted by atomic mass is 16.2. The number of nitriles is 1. The van der Waals surface area contributed by atoms with Gasteiger partial charge in [-0.3, -0.25) is 14.5 Å². The normalized spacial score (nSPS) is 20.4. The number of benzene rings is 1. The Kier molecular flexibility index (Phi) is 6.33. The van der Waals surface area contributed by atoms with Gasteiger partial charge in [0.25, 0.3) is 0 Å². The van der Waals surface area contributed by atoms with Gasteiger partial charge in [0.05, 0.1) is 11.6 Å². The van der Waals surface area contributed by atoms with Gasteiger partial charge in [-0.1, -0.05) is 12.1 Å². The van der Waals surface area contributed by atoms with Gasteiger partial charge >= 0.3 is 0 Å². The second-order valence-electron chi connectivity index (χ2n) is 6.28. The summed E-state index contributed by atoms with van der Waals surface area (Å²) >= 11 is 0. The zero-order chi connectivity index (χ0) is 17.5. The van der Waals surface area contributed by atoms with Gasteiger partial charge in [-0.25, -0.2) is 0 Å². The predicted molar refractivity (Wildman–Crippen MR) is 90.9 cm³/mol. The van der Waals surface area contributed by atoms with E-state index < -0.39 is 0 Å². The molecule has 2 rings (SSSR count). The zero-order valence-corrected chi connectivity index (χ0v) is 14.2. The third kappa shape index (κ3) is 5.07. The molecule has 0 radical (unpaired) electrons. The lowest BCUT2D eigenvalue weighted by Gasteiger charge is -2.25. The van der Waals surface area contributed by atoms with Crippen LogP contribution in [-0.2, 0) is 16.1 Å². The molecule has 0 unspecified atom stereocenters. The van der Waals surface area contributed by atoms with E-state index in [0.717, 1.165) is 18.4 Å². The Labute approximate surface area is 142 Å². The van der Waals surface area contributed by atoms with E-state index in [0.29, 0.717) is 31.1 Å². The van der Waals surface area contributed by atoms with Crippen molar-refractivity contribution in [3.8, 4) is 6.07 Å². The third-order valence-corrected chi connectivity index (χ3v) is 4.54. The van der Waals surface area contributed by atoms with Gasteiger partial charge in [0.1, 0.15) is 0 Å². The Hall–Kier alpha value is -2.39. The molecule has 2 atom stereocenters. The van der Waals surface area contributed by atoms with Crippen LogP contribution in [0.25, 0.3) is 0 Å². The minimum atomic E-state index is -0.0239. The van der Waals surface area contributed by atoms with E-state index in [-0.39, 0.29) is 17.9 Å². The van der Waals surface area contributed by atoms with Crippen molar-refractivity contribution in [1.82, 2.24) is 15.5 Å². The molecule has 1 aliphatic rings. The first kappa shape index (κ1) is 18.0. The number of hydrogen-bond donors (Lipinski definition) is 2. The standard InChI is InChI=1S/C18H24N4O2/c1-13(23)20-12-17-7-6-16(22(17)2)9-18(24)21-11-15-5-3-4-14(8-15)10-19/h3-5,8,16-17H,6-7,9,11-12H2,1-2H3,(H,20,23)(H,21,24)/t16-,17+/m0/s1. The van der Waals surface area contributed by atoms with E-state index in [4.69, 9.17) is 5.26 Å². The number of likely N-dealkylation sites (tertiary alicyclic amines) is 1. The highest BCUT2D eigenvalue weighted by Crippen LogP contribution is 2.24. The highest BCUT2D eigenvalue weighted by molar-refractivity contribution is 5.76. The zero-order valence-electron chi connectivity index (χ0n) is 14.2. The van der Waals surface area contributed by atoms with Crippen LogP contribution >= 0.6 is 0 Å². The van der Waals surface area contributed by atoms with Crippen molar-refractivity contribution >= 4 is 11.8 Å². The average molecular weight is 328 g/mol. The summed E-state index contributed by atoms with van der Waals surface area (Å²) in [5.74, 6) is -0.0152. The van der Waals surface area contributed by atoms with E-state index in [1.54, 1.807) is 12.1 Å². The maximum Gasteiger partial charge on any atom is 0.221 e. The quantitative estimate of drug-likeness (QED) is 0.821. The number of rotatable bonds is 6. The van der Waals surface area contributed by atoms with E-state index >= 15 is 0 Å². The molecule has 0 saturated carbocycles. The van der Waals surface area contributed by atoms with E-state index in [2.05, 4.69) is 21.6 Å². The van der Waals surface area contributed by atoms with Crippen molar-refractivity contribution < 1.29 is 9.59 Å². The Morgan fingerprint density at radius 1 is 1.29 bits per heavy atom. The summed E-state index contributed by atoms with van der Waals surface area (Å²) in [7, 11) is 2.01. The van der Waals surface area contributed by atoms with Crippen molar-refractivity contribution in [1.29, 1.82) is 5.26 Å². The van der Waals surface area contributed by atoms with Crippen LogP contribution in [0.4, 0.5) is 0 Å². The van der Waals surface area contributed by atoms with Crippen LogP contribution in [0, 0.1) is 11.3 Å². The van der Waals surface area contributed by atoms with Gasteiger partial charge in [-0.05, 0) is 37.6 Å². The summed E-state index contributed by atoms with van der Waals surface area (Å²) in [6.45, 7) is 2.58. The topological polar surface area (TPSA) is 85.2 Å². The first-order valence-corrected chi connectivity index (χ1v) is 8.21. The van der Waals surface area contributed by atoms with Crippen LogP contribution in [0.1, 0.15) is 37.3 Å². The second-order valence-corrected chi connectivity index (χ2v) is 6.28. The van der Waals surface area contributed by atoms with Crippen molar-refractivity contribution in [3.63, 3.8) is 0 Å². The van der Waals surface area contributed by atoms with Crippen molar-refractivity contribution in [3.05, 3.63) is 35.4 Å². The fourth-order valence-electron chi connectivity index (χ4n) is 3.08. The lowest BCUT2D eigenvalue weighted by Crippen LogP contribution is -2.41. The molecular formula is C18H24N4O2. The number of hydrogen-bond acceptors (Lipinski definition) is 4. The SMILES string of the molecule is CC(=O)NC[C@H]1CC[C@@H](CC(=O)NCc2cccc(C#N)c2)N1C. The predicted octanol–water partition coefficient (Wildman–Crippen LogP) is 1.16. The van der Waals surface area contributed by atoms with Crippen LogP contribution < -0.4 is 10.6 Å². The molecule has 0 aliphatic carbocycles. The molecule has 1 saturated heterocycles. The first-order chi connectivity index (χ1) is 11.5. The molecule has 0 spiro atoms. The molecule has 1 fully saturated rings. The molecule has 1 aromatic rings. The van der Waals surface area contributed by atoms with Gasteiger partial charge in [-0.2, -0.15) is 5.26 Å². The molecule has 1 heterocycles. The number of carbonyl (C=O) groups excluding carboxylic acids is 2. The smallest absolute Gasteiger partial charge is 0.221 e. The van der Waals surface area contributed by atoms with Crippen molar-refractivity contribution in [2.75, 3.05) is 13.6 Å². The number of amides is 2. The van der Waals surface area contributed by atoms with Crippen molar-refractivity contribution in [2.24, 2.45) is 0 Å². The summed E-state index contributed by atoms with van der Waals surface area (Å²) in [6, 6.07) is 9.83. The van der Waals surface area contributed by atoms with Crippen LogP contribution in [0.3, 0.4) is 0 Å². The molecule has 24 heavy (non-hydrogen) atoms. The maximum absolute atomic E-state index is 12.2. The number of nitrogens with zero attached hydrogens (tertiary/aromatic N) is 2. The number of nitrogens with one attached hydrogen (secondary N) is 2. The third-order valence-electron chi connectivity index (χ3n) is 4.54. The molecule has 2 amide bonds. The van der Waals surface area contributed by atoms with E-state index in [1.807, 2.05) is 19.2 Å². The molecular weight excluding hydrogens is 304 g/mol. The minimum absolute atomic E-state index is 0.00869. The molecule has 128 valence electrons. The van der Waals surface area contributed by atoms with Crippen LogP contribution in [-0.4, -0.2) is 42.4 Å². The molecule has 1 aliphatic heterocycles. The molecule has 6 heteroatoms. The summed E-state index contributed by atoms with van der Waals surface area (Å²) < 4.78 is 0. The molecule has 0 aromatic heterocycles. The lowest BCUT2D eigenvalue weighted by atomic mass is 10.1. The fourth-order valence-corrected chi connectivity index (χ4v) is 3.08. The van der Waals surface area contributed by atoms with E-state index in [1.165, 1.54) is 6.92 Å². The van der Waals surface area contributed by atoms with Crippen molar-refractivity contribution in [2.45, 2.75) is 44.8 Å². The van der Waals surface area contributed by atoms with E-state index in [9.17, 15) is 9.59 Å². The molecule has 0 bridgehead atoms. The Morgan fingerprint density at radius 2 is 2.04 bits per heavy atom. The largest absolute Gasteiger partial charge is 0.355 e. The van der Waals surface area contributed by atoms with Gasteiger partial charge < -0.3 is 10.6 Å². The lowest BCUT2D eigenvalue weighted by molar-refractivity contribution is -0.122. The van der Waals surface area contributed by atoms with Gasteiger partial charge in [0, 0.05) is 38.5 Å². The Balaban J connectivity index is 1.78. The summed E-state index contributed by atoms with van der Waals surface area (Å²) in [5.41, 5.74) is 1.52. The highest BCUT2D eigenvalue weighted by Gasteiger charge is 2.31. The second kappa shape index (κ2) is 8.46. The monoisotopic (exact) mass is 328 g/mol. The van der Waals surface area contributed by atoms with Gasteiger partial charge in [-0.15, -0.1) is 0 Å². The van der Waals surface area contributed by atoms with Crippen LogP contribution in [0.5, 0.6) is 0 Å². The average Bonchev–Trinajstić information content (AvgIpc) is 2.91. The number of likely N-dealkylation sites (N-methyl/N-ethyl adjacent to an activating group) is 1. The fraction of sp³-hybridized carbons (Fsp3) is 0.500. The van der Waals surface area contributed by atoms with Gasteiger partial charge in [0.15, 0.2) is 0 Å². The van der Waals surface area contributed by atoms with Gasteiger partial charge in [0.2, 0.25) is 11.8 Å². The first-order valence-electron chi connectivity index (χ1n) is 8.21. The summed E-state index contributed by atoms with van der Waals surface area (Å²) in [6.07, 6.45) is 2.39. The Morgan fingerprint density at radius 3 is 2.75 bits per heavy atom. The minimum Gasteiger partial charge on any atom is -0.355 e. The molecule has 1 aromatic carbocycles. The molecule has 2 N–H and O–H groups in total. The summed E-state index contributed by atoms with van der Waals surface area (Å²) in [5, 5.41) is 14.7. The number of carbonyl (C=O) groups is 2. The van der Waals surface area contributed by atoms with Crippen LogP contribution in [0.15, 0.2) is 24.3 Å².